The molecule has 2 aromatic rings. The number of anilines is 1. The van der Waals surface area contributed by atoms with Gasteiger partial charge in [-0.05, 0) is 49.7 Å². The van der Waals surface area contributed by atoms with Crippen LogP contribution in [0, 0.1) is 6.92 Å². The molecular formula is C21H31IN4O2. The Morgan fingerprint density at radius 2 is 1.96 bits per heavy atom. The highest BCUT2D eigenvalue weighted by molar-refractivity contribution is 14.0. The SMILES string of the molecule is CCN(CCNC(=NC)NCc1cc(OC)ccc1O)c1cccc(C)c1.I. The number of methoxy groups -OCH3 is 1. The maximum absolute atomic E-state index is 9.98. The Balaban J connectivity index is 0.00000392. The number of hydrogen-bond donors (Lipinski definition) is 3. The number of phenols is 1. The summed E-state index contributed by atoms with van der Waals surface area (Å²) in [5.41, 5.74) is 3.24. The van der Waals surface area contributed by atoms with Crippen LogP contribution in [0.2, 0.25) is 0 Å². The van der Waals surface area contributed by atoms with Crippen molar-refractivity contribution in [1.82, 2.24) is 10.6 Å². The summed E-state index contributed by atoms with van der Waals surface area (Å²) in [5, 5.41) is 16.5. The number of hydrogen-bond acceptors (Lipinski definition) is 4. The van der Waals surface area contributed by atoms with Gasteiger partial charge in [-0.25, -0.2) is 0 Å². The summed E-state index contributed by atoms with van der Waals surface area (Å²) in [6.07, 6.45) is 0. The van der Waals surface area contributed by atoms with E-state index in [1.54, 1.807) is 26.3 Å². The van der Waals surface area contributed by atoms with Crippen LogP contribution in [0.1, 0.15) is 18.1 Å². The van der Waals surface area contributed by atoms with Crippen LogP contribution < -0.4 is 20.3 Å². The fourth-order valence-electron chi connectivity index (χ4n) is 2.83. The number of guanidine groups is 1. The standard InChI is InChI=1S/C21H30N4O2.HI/c1-5-25(18-8-6-7-16(2)13-18)12-11-23-21(22-3)24-15-17-14-19(27-4)9-10-20(17)26;/h6-10,13-14,26H,5,11-12,15H2,1-4H3,(H2,22,23,24);1H. The molecule has 2 rings (SSSR count). The van der Waals surface area contributed by atoms with E-state index >= 15 is 0 Å². The fraction of sp³-hybridized carbons (Fsp3) is 0.381. The van der Waals surface area contributed by atoms with E-state index in [9.17, 15) is 5.11 Å². The minimum atomic E-state index is 0. The maximum Gasteiger partial charge on any atom is 0.191 e. The van der Waals surface area contributed by atoms with Crippen LogP contribution in [0.15, 0.2) is 47.5 Å². The smallest absolute Gasteiger partial charge is 0.191 e. The van der Waals surface area contributed by atoms with Gasteiger partial charge in [-0.15, -0.1) is 24.0 Å². The molecule has 6 nitrogen and oxygen atoms in total. The lowest BCUT2D eigenvalue weighted by atomic mass is 10.2. The van der Waals surface area contributed by atoms with Gasteiger partial charge in [0, 0.05) is 44.5 Å². The Kier molecular flexibility index (Phi) is 10.5. The summed E-state index contributed by atoms with van der Waals surface area (Å²) in [6.45, 7) is 7.28. The third-order valence-electron chi connectivity index (χ3n) is 4.38. The van der Waals surface area contributed by atoms with Gasteiger partial charge in [0.1, 0.15) is 11.5 Å². The largest absolute Gasteiger partial charge is 0.508 e. The van der Waals surface area contributed by atoms with Crippen molar-refractivity contribution < 1.29 is 9.84 Å². The van der Waals surface area contributed by atoms with E-state index in [0.717, 1.165) is 25.2 Å². The summed E-state index contributed by atoms with van der Waals surface area (Å²) in [5.74, 6) is 1.64. The highest BCUT2D eigenvalue weighted by Crippen LogP contribution is 2.22. The van der Waals surface area contributed by atoms with Crippen LogP contribution in [0.4, 0.5) is 5.69 Å². The number of benzene rings is 2. The summed E-state index contributed by atoms with van der Waals surface area (Å²) >= 11 is 0. The molecule has 0 aliphatic carbocycles. The van der Waals surface area contributed by atoms with E-state index in [4.69, 9.17) is 4.74 Å². The van der Waals surface area contributed by atoms with E-state index < -0.39 is 0 Å². The Hall–Kier alpha value is -2.16. The summed E-state index contributed by atoms with van der Waals surface area (Å²) in [6, 6.07) is 13.7. The van der Waals surface area contributed by atoms with Crippen LogP contribution >= 0.6 is 24.0 Å². The Morgan fingerprint density at radius 1 is 1.18 bits per heavy atom. The molecule has 2 aromatic carbocycles. The van der Waals surface area contributed by atoms with Gasteiger partial charge < -0.3 is 25.4 Å². The zero-order chi connectivity index (χ0) is 19.6. The van der Waals surface area contributed by atoms with Gasteiger partial charge in [0.25, 0.3) is 0 Å². The Morgan fingerprint density at radius 3 is 2.61 bits per heavy atom. The average Bonchev–Trinajstić information content (AvgIpc) is 2.68. The molecule has 3 N–H and O–H groups in total. The predicted octanol–water partition coefficient (Wildman–Crippen LogP) is 3.52. The number of likely N-dealkylation sites (N-methyl/N-ethyl adjacent to an activating group) is 1. The number of nitrogens with one attached hydrogen (secondary N) is 2. The van der Waals surface area contributed by atoms with E-state index in [2.05, 4.69) is 58.6 Å². The number of rotatable bonds is 8. The van der Waals surface area contributed by atoms with Crippen LogP contribution in [0.5, 0.6) is 11.5 Å². The van der Waals surface area contributed by atoms with Gasteiger partial charge in [0.2, 0.25) is 0 Å². The van der Waals surface area contributed by atoms with E-state index in [1.807, 2.05) is 6.07 Å². The first-order valence-electron chi connectivity index (χ1n) is 9.19. The first kappa shape index (κ1) is 23.9. The molecule has 0 saturated heterocycles. The van der Waals surface area contributed by atoms with E-state index in [1.165, 1.54) is 11.3 Å². The minimum absolute atomic E-state index is 0. The summed E-state index contributed by atoms with van der Waals surface area (Å²) < 4.78 is 5.21. The topological polar surface area (TPSA) is 69.1 Å². The fourth-order valence-corrected chi connectivity index (χ4v) is 2.83. The van der Waals surface area contributed by atoms with Crippen molar-refractivity contribution in [2.45, 2.75) is 20.4 Å². The molecule has 0 atom stereocenters. The molecule has 0 spiro atoms. The molecule has 0 aliphatic rings. The number of phenolic OH excluding ortho intramolecular Hbond substituents is 1. The Bertz CT molecular complexity index is 768. The van der Waals surface area contributed by atoms with Gasteiger partial charge in [0.05, 0.1) is 7.11 Å². The molecule has 0 heterocycles. The zero-order valence-electron chi connectivity index (χ0n) is 17.0. The quantitative estimate of drug-likeness (QED) is 0.295. The van der Waals surface area contributed by atoms with Crippen LogP contribution in [0.3, 0.4) is 0 Å². The molecule has 0 aromatic heterocycles. The lowest BCUT2D eigenvalue weighted by Crippen LogP contribution is -2.41. The van der Waals surface area contributed by atoms with Crippen molar-refractivity contribution in [3.05, 3.63) is 53.6 Å². The van der Waals surface area contributed by atoms with E-state index in [0.29, 0.717) is 18.3 Å². The highest BCUT2D eigenvalue weighted by Gasteiger charge is 2.07. The molecule has 0 fully saturated rings. The number of ether oxygens (including phenoxy) is 1. The summed E-state index contributed by atoms with van der Waals surface area (Å²) in [7, 11) is 3.34. The highest BCUT2D eigenvalue weighted by atomic mass is 127. The van der Waals surface area contributed by atoms with Crippen LogP contribution in [-0.4, -0.2) is 44.9 Å². The normalized spacial score (nSPS) is 10.8. The van der Waals surface area contributed by atoms with Gasteiger partial charge in [-0.3, -0.25) is 4.99 Å². The van der Waals surface area contributed by atoms with Crippen molar-refractivity contribution in [3.63, 3.8) is 0 Å². The van der Waals surface area contributed by atoms with Gasteiger partial charge in [-0.1, -0.05) is 12.1 Å². The summed E-state index contributed by atoms with van der Waals surface area (Å²) in [4.78, 5) is 6.57. The maximum atomic E-state index is 9.98. The molecular weight excluding hydrogens is 467 g/mol. The third kappa shape index (κ3) is 7.10. The second-order valence-electron chi connectivity index (χ2n) is 6.27. The van der Waals surface area contributed by atoms with Crippen molar-refractivity contribution in [1.29, 1.82) is 0 Å². The van der Waals surface area contributed by atoms with Crippen molar-refractivity contribution in [2.75, 3.05) is 38.7 Å². The van der Waals surface area contributed by atoms with Gasteiger partial charge in [-0.2, -0.15) is 0 Å². The number of aromatic hydroxyl groups is 1. The van der Waals surface area contributed by atoms with Crippen molar-refractivity contribution >= 4 is 35.6 Å². The van der Waals surface area contributed by atoms with Gasteiger partial charge in [0.15, 0.2) is 5.96 Å². The monoisotopic (exact) mass is 498 g/mol. The first-order chi connectivity index (χ1) is 13.1. The Labute approximate surface area is 185 Å². The van der Waals surface area contributed by atoms with E-state index in [-0.39, 0.29) is 29.7 Å². The molecule has 0 unspecified atom stereocenters. The molecule has 0 radical (unpaired) electrons. The molecule has 0 saturated carbocycles. The molecule has 0 amide bonds. The van der Waals surface area contributed by atoms with Crippen molar-refractivity contribution in [2.24, 2.45) is 4.99 Å². The van der Waals surface area contributed by atoms with Crippen LogP contribution in [-0.2, 0) is 6.54 Å². The second kappa shape index (κ2) is 12.3. The number of aryl methyl sites for hydroxylation is 1. The second-order valence-corrected chi connectivity index (χ2v) is 6.27. The molecule has 154 valence electrons. The van der Waals surface area contributed by atoms with Gasteiger partial charge >= 0.3 is 0 Å². The van der Waals surface area contributed by atoms with Crippen molar-refractivity contribution in [3.8, 4) is 11.5 Å². The zero-order valence-corrected chi connectivity index (χ0v) is 19.4. The molecule has 0 aliphatic heterocycles. The first-order valence-corrected chi connectivity index (χ1v) is 9.19. The lowest BCUT2D eigenvalue weighted by Gasteiger charge is -2.24. The average molecular weight is 498 g/mol. The minimum Gasteiger partial charge on any atom is -0.508 e. The van der Waals surface area contributed by atoms with Crippen LogP contribution in [0.25, 0.3) is 0 Å². The molecule has 7 heteroatoms. The lowest BCUT2D eigenvalue weighted by molar-refractivity contribution is 0.410. The predicted molar refractivity (Wildman–Crippen MR) is 127 cm³/mol. The number of halogens is 1. The molecule has 0 bridgehead atoms. The molecule has 28 heavy (non-hydrogen) atoms. The third-order valence-corrected chi connectivity index (χ3v) is 4.38. The number of aliphatic imine (C=N–C) groups is 1. The number of nitrogens with zero attached hydrogens (tertiary/aromatic N) is 2.